The van der Waals surface area contributed by atoms with Gasteiger partial charge >= 0.3 is 0 Å². The Balaban J connectivity index is 1.98. The minimum absolute atomic E-state index is 0.0436. The van der Waals surface area contributed by atoms with E-state index >= 15 is 0 Å². The standard InChI is InChI=1S/C17H32N2O2/c1-4-16(14-5-6-14)19-10-13(7-8-20)9-15(11-19)18-17(21)12(2)3/h12-16,20H,4-11H2,1-3H3,(H,18,21). The molecule has 1 saturated carbocycles. The van der Waals surface area contributed by atoms with E-state index in [0.29, 0.717) is 12.0 Å². The molecule has 3 unspecified atom stereocenters. The van der Waals surface area contributed by atoms with Crippen LogP contribution in [0.25, 0.3) is 0 Å². The van der Waals surface area contributed by atoms with Gasteiger partial charge in [0.25, 0.3) is 0 Å². The van der Waals surface area contributed by atoms with Crippen molar-refractivity contribution in [2.45, 2.75) is 65.0 Å². The number of carbonyl (C=O) groups is 1. The van der Waals surface area contributed by atoms with Gasteiger partial charge in [-0.25, -0.2) is 0 Å². The molecule has 0 bridgehead atoms. The summed E-state index contributed by atoms with van der Waals surface area (Å²) >= 11 is 0. The molecule has 0 aromatic carbocycles. The Morgan fingerprint density at radius 1 is 1.33 bits per heavy atom. The summed E-state index contributed by atoms with van der Waals surface area (Å²) < 4.78 is 0. The van der Waals surface area contributed by atoms with Gasteiger partial charge in [-0.15, -0.1) is 0 Å². The van der Waals surface area contributed by atoms with E-state index in [0.717, 1.165) is 31.8 Å². The zero-order valence-corrected chi connectivity index (χ0v) is 13.8. The van der Waals surface area contributed by atoms with Crippen LogP contribution < -0.4 is 5.32 Å². The van der Waals surface area contributed by atoms with Crippen LogP contribution in [0.1, 0.15) is 52.9 Å². The molecule has 3 atom stereocenters. The number of aliphatic hydroxyl groups is 1. The van der Waals surface area contributed by atoms with Crippen LogP contribution in [0.4, 0.5) is 0 Å². The zero-order chi connectivity index (χ0) is 15.4. The highest BCUT2D eigenvalue weighted by Crippen LogP contribution is 2.38. The number of aliphatic hydroxyl groups excluding tert-OH is 1. The molecular weight excluding hydrogens is 264 g/mol. The van der Waals surface area contributed by atoms with Crippen LogP contribution in [0.2, 0.25) is 0 Å². The van der Waals surface area contributed by atoms with E-state index in [1.807, 2.05) is 13.8 Å². The summed E-state index contributed by atoms with van der Waals surface area (Å²) in [4.78, 5) is 14.6. The van der Waals surface area contributed by atoms with Crippen molar-refractivity contribution in [2.75, 3.05) is 19.7 Å². The topological polar surface area (TPSA) is 52.6 Å². The second kappa shape index (κ2) is 7.59. The van der Waals surface area contributed by atoms with Crippen molar-refractivity contribution in [3.63, 3.8) is 0 Å². The Morgan fingerprint density at radius 2 is 2.05 bits per heavy atom. The van der Waals surface area contributed by atoms with E-state index in [4.69, 9.17) is 0 Å². The van der Waals surface area contributed by atoms with E-state index in [2.05, 4.69) is 17.1 Å². The number of rotatable bonds is 7. The predicted octanol–water partition coefficient (Wildman–Crippen LogP) is 2.02. The third kappa shape index (κ3) is 4.68. The first-order chi connectivity index (χ1) is 10.0. The normalized spacial score (nSPS) is 28.6. The van der Waals surface area contributed by atoms with Gasteiger partial charge in [0.1, 0.15) is 0 Å². The molecule has 2 N–H and O–H groups in total. The van der Waals surface area contributed by atoms with Gasteiger partial charge in [-0.1, -0.05) is 20.8 Å². The van der Waals surface area contributed by atoms with Crippen LogP contribution in [0.3, 0.4) is 0 Å². The van der Waals surface area contributed by atoms with Crippen LogP contribution in [-0.2, 0) is 4.79 Å². The first-order valence-electron chi connectivity index (χ1n) is 8.70. The maximum atomic E-state index is 12.0. The van der Waals surface area contributed by atoms with Gasteiger partial charge in [0.2, 0.25) is 5.91 Å². The van der Waals surface area contributed by atoms with Gasteiger partial charge < -0.3 is 10.4 Å². The maximum Gasteiger partial charge on any atom is 0.222 e. The van der Waals surface area contributed by atoms with Crippen molar-refractivity contribution >= 4 is 5.91 Å². The molecule has 2 fully saturated rings. The molecule has 1 aliphatic carbocycles. The highest BCUT2D eigenvalue weighted by atomic mass is 16.3. The second-order valence-corrected chi connectivity index (χ2v) is 7.24. The number of nitrogens with zero attached hydrogens (tertiary/aromatic N) is 1. The Labute approximate surface area is 129 Å². The lowest BCUT2D eigenvalue weighted by molar-refractivity contribution is -0.125. The molecule has 1 heterocycles. The fourth-order valence-electron chi connectivity index (χ4n) is 3.75. The first-order valence-corrected chi connectivity index (χ1v) is 8.70. The minimum Gasteiger partial charge on any atom is -0.396 e. The Kier molecular flexibility index (Phi) is 6.06. The molecule has 0 spiro atoms. The molecule has 122 valence electrons. The fraction of sp³-hybridized carbons (Fsp3) is 0.941. The van der Waals surface area contributed by atoms with Crippen molar-refractivity contribution in [3.05, 3.63) is 0 Å². The largest absolute Gasteiger partial charge is 0.396 e. The van der Waals surface area contributed by atoms with Crippen molar-refractivity contribution in [1.29, 1.82) is 0 Å². The summed E-state index contributed by atoms with van der Waals surface area (Å²) in [7, 11) is 0. The summed E-state index contributed by atoms with van der Waals surface area (Å²) in [5.41, 5.74) is 0. The number of amides is 1. The fourth-order valence-corrected chi connectivity index (χ4v) is 3.75. The lowest BCUT2D eigenvalue weighted by atomic mass is 9.89. The lowest BCUT2D eigenvalue weighted by Crippen LogP contribution is -2.54. The van der Waals surface area contributed by atoms with Crippen LogP contribution >= 0.6 is 0 Å². The Hall–Kier alpha value is -0.610. The summed E-state index contributed by atoms with van der Waals surface area (Å²) in [6.45, 7) is 8.49. The van der Waals surface area contributed by atoms with Gasteiger partial charge in [-0.2, -0.15) is 0 Å². The predicted molar refractivity (Wildman–Crippen MR) is 85.0 cm³/mol. The summed E-state index contributed by atoms with van der Waals surface area (Å²) in [5.74, 6) is 1.57. The molecule has 0 aromatic heterocycles. The van der Waals surface area contributed by atoms with Crippen molar-refractivity contribution in [1.82, 2.24) is 10.2 Å². The van der Waals surface area contributed by atoms with Gasteiger partial charge in [-0.05, 0) is 43.9 Å². The minimum atomic E-state index is 0.0436. The molecule has 4 heteroatoms. The van der Waals surface area contributed by atoms with E-state index < -0.39 is 0 Å². The summed E-state index contributed by atoms with van der Waals surface area (Å²) in [6.07, 6.45) is 5.79. The average Bonchev–Trinajstić information content (AvgIpc) is 3.24. The molecule has 0 radical (unpaired) electrons. The van der Waals surface area contributed by atoms with Crippen LogP contribution in [0.5, 0.6) is 0 Å². The van der Waals surface area contributed by atoms with Gasteiger partial charge in [0, 0.05) is 37.7 Å². The van der Waals surface area contributed by atoms with Crippen LogP contribution in [0, 0.1) is 17.8 Å². The molecule has 0 aromatic rings. The smallest absolute Gasteiger partial charge is 0.222 e. The number of likely N-dealkylation sites (tertiary alicyclic amines) is 1. The molecule has 2 rings (SSSR count). The molecule has 4 nitrogen and oxygen atoms in total. The Morgan fingerprint density at radius 3 is 2.57 bits per heavy atom. The third-order valence-corrected chi connectivity index (χ3v) is 5.03. The number of nitrogens with one attached hydrogen (secondary N) is 1. The summed E-state index contributed by atoms with van der Waals surface area (Å²) in [6, 6.07) is 0.919. The quantitative estimate of drug-likeness (QED) is 0.756. The lowest BCUT2D eigenvalue weighted by Gasteiger charge is -2.42. The highest BCUT2D eigenvalue weighted by Gasteiger charge is 2.38. The molecule has 21 heavy (non-hydrogen) atoms. The SMILES string of the molecule is CCC(C1CC1)N1CC(CCO)CC(NC(=O)C(C)C)C1. The third-order valence-electron chi connectivity index (χ3n) is 5.03. The van der Waals surface area contributed by atoms with Crippen LogP contribution in [0.15, 0.2) is 0 Å². The van der Waals surface area contributed by atoms with E-state index in [1.54, 1.807) is 0 Å². The average molecular weight is 296 g/mol. The van der Waals surface area contributed by atoms with E-state index in [-0.39, 0.29) is 24.5 Å². The second-order valence-electron chi connectivity index (χ2n) is 7.24. The van der Waals surface area contributed by atoms with Crippen molar-refractivity contribution in [2.24, 2.45) is 17.8 Å². The molecule has 1 aliphatic heterocycles. The number of piperidine rings is 1. The van der Waals surface area contributed by atoms with Gasteiger partial charge in [0.05, 0.1) is 0 Å². The van der Waals surface area contributed by atoms with Crippen molar-refractivity contribution in [3.8, 4) is 0 Å². The molecule has 2 aliphatic rings. The number of hydrogen-bond acceptors (Lipinski definition) is 3. The van der Waals surface area contributed by atoms with E-state index in [9.17, 15) is 9.90 Å². The number of carbonyl (C=O) groups excluding carboxylic acids is 1. The number of hydrogen-bond donors (Lipinski definition) is 2. The monoisotopic (exact) mass is 296 g/mol. The molecular formula is C17H32N2O2. The summed E-state index contributed by atoms with van der Waals surface area (Å²) in [5, 5.41) is 12.5. The molecule has 1 saturated heterocycles. The van der Waals surface area contributed by atoms with Gasteiger partial charge in [0.15, 0.2) is 0 Å². The maximum absolute atomic E-state index is 12.0. The van der Waals surface area contributed by atoms with Gasteiger partial charge in [-0.3, -0.25) is 9.69 Å². The highest BCUT2D eigenvalue weighted by molar-refractivity contribution is 5.78. The Bertz CT molecular complexity index is 342. The molecule has 1 amide bonds. The van der Waals surface area contributed by atoms with Crippen molar-refractivity contribution < 1.29 is 9.90 Å². The first kappa shape index (κ1) is 16.8. The van der Waals surface area contributed by atoms with E-state index in [1.165, 1.54) is 19.3 Å². The zero-order valence-electron chi connectivity index (χ0n) is 13.8. The van der Waals surface area contributed by atoms with Crippen LogP contribution in [-0.4, -0.2) is 47.7 Å².